The van der Waals surface area contributed by atoms with Crippen molar-refractivity contribution in [1.82, 2.24) is 0 Å². The summed E-state index contributed by atoms with van der Waals surface area (Å²) in [7, 11) is 1.44. The molecule has 2 rings (SSSR count). The van der Waals surface area contributed by atoms with Crippen LogP contribution in [-0.2, 0) is 6.42 Å². The van der Waals surface area contributed by atoms with Crippen molar-refractivity contribution in [3.8, 4) is 5.75 Å². The van der Waals surface area contributed by atoms with Gasteiger partial charge in [0.05, 0.1) is 19.5 Å². The number of hydrogen-bond acceptors (Lipinski definition) is 3. The summed E-state index contributed by atoms with van der Waals surface area (Å²) in [6, 6.07) is 13.1. The summed E-state index contributed by atoms with van der Waals surface area (Å²) >= 11 is 0. The van der Waals surface area contributed by atoms with Gasteiger partial charge in [-0.3, -0.25) is 0 Å². The van der Waals surface area contributed by atoms with Gasteiger partial charge in [0.1, 0.15) is 0 Å². The largest absolute Gasteiger partial charge is 0.494 e. The Morgan fingerprint density at radius 3 is 2.19 bits per heavy atom. The maximum atomic E-state index is 13.6. The zero-order valence-electron chi connectivity index (χ0n) is 15.6. The van der Waals surface area contributed by atoms with E-state index in [1.54, 1.807) is 18.3 Å². The van der Waals surface area contributed by atoms with Crippen LogP contribution in [0.1, 0.15) is 55.7 Å². The summed E-state index contributed by atoms with van der Waals surface area (Å²) in [6.07, 6.45) is 10.8. The molecule has 0 N–H and O–H groups in total. The number of unbranched alkanes of at least 4 members (excludes halogenated alkanes) is 4. The van der Waals surface area contributed by atoms with Gasteiger partial charge in [0, 0.05) is 0 Å². The third kappa shape index (κ3) is 6.79. The normalized spacial score (nSPS) is 11.5. The van der Waals surface area contributed by atoms with Gasteiger partial charge in [0.15, 0.2) is 11.6 Å². The van der Waals surface area contributed by atoms with Crippen molar-refractivity contribution in [1.29, 1.82) is 0 Å². The van der Waals surface area contributed by atoms with Gasteiger partial charge in [-0.15, -0.1) is 0 Å². The predicted octanol–water partition coefficient (Wildman–Crippen LogP) is 5.80. The third-order valence-electron chi connectivity index (χ3n) is 4.20. The summed E-state index contributed by atoms with van der Waals surface area (Å²) < 4.78 is 18.5. The standard InChI is InChI=1S/C22H27FN2O/c1-3-4-5-6-7-8-18-9-11-19(12-10-18)16-24-25-17-20-13-14-22(26-2)21(23)15-20/h9-17H,3-8H2,1-2H3. The average molecular weight is 354 g/mol. The number of aryl methyl sites for hydroxylation is 1. The van der Waals surface area contributed by atoms with Crippen LogP contribution in [0.2, 0.25) is 0 Å². The lowest BCUT2D eigenvalue weighted by Crippen LogP contribution is -1.90. The van der Waals surface area contributed by atoms with Gasteiger partial charge < -0.3 is 4.74 Å². The molecule has 0 aliphatic rings. The molecule has 0 amide bonds. The average Bonchev–Trinajstić information content (AvgIpc) is 2.66. The van der Waals surface area contributed by atoms with Crippen LogP contribution >= 0.6 is 0 Å². The molecule has 0 aliphatic carbocycles. The summed E-state index contributed by atoms with van der Waals surface area (Å²) in [6.45, 7) is 2.24. The van der Waals surface area contributed by atoms with E-state index in [2.05, 4.69) is 29.3 Å². The van der Waals surface area contributed by atoms with Crippen molar-refractivity contribution in [3.63, 3.8) is 0 Å². The number of rotatable bonds is 10. The van der Waals surface area contributed by atoms with Crippen LogP contribution in [0, 0.1) is 5.82 Å². The van der Waals surface area contributed by atoms with E-state index < -0.39 is 5.82 Å². The molecule has 0 saturated carbocycles. The summed E-state index contributed by atoms with van der Waals surface area (Å²) in [4.78, 5) is 0. The molecule has 4 heteroatoms. The number of nitrogens with zero attached hydrogens (tertiary/aromatic N) is 2. The fourth-order valence-electron chi connectivity index (χ4n) is 2.67. The SMILES string of the molecule is CCCCCCCc1ccc(C=NN=Cc2ccc(OC)c(F)c2)cc1. The quantitative estimate of drug-likeness (QED) is 0.301. The second-order valence-corrected chi connectivity index (χ2v) is 6.29. The fourth-order valence-corrected chi connectivity index (χ4v) is 2.67. The van der Waals surface area contributed by atoms with Crippen LogP contribution in [0.25, 0.3) is 0 Å². The third-order valence-corrected chi connectivity index (χ3v) is 4.20. The van der Waals surface area contributed by atoms with E-state index in [4.69, 9.17) is 4.74 Å². The van der Waals surface area contributed by atoms with E-state index in [1.807, 2.05) is 12.1 Å². The minimum atomic E-state index is -0.411. The highest BCUT2D eigenvalue weighted by Crippen LogP contribution is 2.16. The van der Waals surface area contributed by atoms with Crippen LogP contribution in [-0.4, -0.2) is 19.5 Å². The maximum absolute atomic E-state index is 13.6. The molecule has 26 heavy (non-hydrogen) atoms. The first-order valence-corrected chi connectivity index (χ1v) is 9.22. The summed E-state index contributed by atoms with van der Waals surface area (Å²) in [5.41, 5.74) is 2.99. The van der Waals surface area contributed by atoms with Gasteiger partial charge in [-0.2, -0.15) is 10.2 Å². The molecule has 0 aromatic heterocycles. The smallest absolute Gasteiger partial charge is 0.165 e. The Balaban J connectivity index is 1.81. The number of benzene rings is 2. The highest BCUT2D eigenvalue weighted by molar-refractivity contribution is 5.82. The Morgan fingerprint density at radius 1 is 0.885 bits per heavy atom. The zero-order valence-corrected chi connectivity index (χ0v) is 15.6. The van der Waals surface area contributed by atoms with E-state index in [0.717, 1.165) is 12.0 Å². The van der Waals surface area contributed by atoms with Crippen molar-refractivity contribution in [3.05, 3.63) is 65.0 Å². The summed E-state index contributed by atoms with van der Waals surface area (Å²) in [5, 5.41) is 8.00. The highest BCUT2D eigenvalue weighted by atomic mass is 19.1. The van der Waals surface area contributed by atoms with Crippen LogP contribution < -0.4 is 4.74 Å². The highest BCUT2D eigenvalue weighted by Gasteiger charge is 2.01. The second kappa shape index (κ2) is 11.2. The van der Waals surface area contributed by atoms with E-state index in [1.165, 1.54) is 57.1 Å². The molecule has 0 unspecified atom stereocenters. The molecular weight excluding hydrogens is 327 g/mol. The predicted molar refractivity (Wildman–Crippen MR) is 107 cm³/mol. The van der Waals surface area contributed by atoms with Crippen LogP contribution in [0.4, 0.5) is 4.39 Å². The van der Waals surface area contributed by atoms with Crippen molar-refractivity contribution < 1.29 is 9.13 Å². The van der Waals surface area contributed by atoms with E-state index in [-0.39, 0.29) is 5.75 Å². The molecule has 0 fully saturated rings. The topological polar surface area (TPSA) is 34.0 Å². The maximum Gasteiger partial charge on any atom is 0.165 e. The second-order valence-electron chi connectivity index (χ2n) is 6.29. The first kappa shape index (κ1) is 19.8. The first-order chi connectivity index (χ1) is 12.7. The number of ether oxygens (including phenoxy) is 1. The van der Waals surface area contributed by atoms with Gasteiger partial charge in [0.25, 0.3) is 0 Å². The minimum Gasteiger partial charge on any atom is -0.494 e. The van der Waals surface area contributed by atoms with Gasteiger partial charge >= 0.3 is 0 Å². The fraction of sp³-hybridized carbons (Fsp3) is 0.364. The lowest BCUT2D eigenvalue weighted by Gasteiger charge is -2.02. The molecule has 0 spiro atoms. The molecule has 2 aromatic rings. The Kier molecular flexibility index (Phi) is 8.53. The molecule has 3 nitrogen and oxygen atoms in total. The van der Waals surface area contributed by atoms with Gasteiger partial charge in [0.2, 0.25) is 0 Å². The van der Waals surface area contributed by atoms with Crippen LogP contribution in [0.3, 0.4) is 0 Å². The molecule has 0 atom stereocenters. The van der Waals surface area contributed by atoms with E-state index in [0.29, 0.717) is 5.56 Å². The van der Waals surface area contributed by atoms with E-state index in [9.17, 15) is 4.39 Å². The van der Waals surface area contributed by atoms with Crippen molar-refractivity contribution in [2.75, 3.05) is 7.11 Å². The van der Waals surface area contributed by atoms with Crippen molar-refractivity contribution in [2.45, 2.75) is 45.4 Å². The molecule has 0 radical (unpaired) electrons. The van der Waals surface area contributed by atoms with Crippen molar-refractivity contribution >= 4 is 12.4 Å². The Morgan fingerprint density at radius 2 is 1.54 bits per heavy atom. The molecule has 0 aliphatic heterocycles. The number of hydrogen-bond donors (Lipinski definition) is 0. The molecule has 0 heterocycles. The van der Waals surface area contributed by atoms with Crippen LogP contribution in [0.15, 0.2) is 52.7 Å². The van der Waals surface area contributed by atoms with Gasteiger partial charge in [-0.1, -0.05) is 56.9 Å². The Bertz CT molecular complexity index is 723. The molecule has 138 valence electrons. The minimum absolute atomic E-state index is 0.219. The summed E-state index contributed by atoms with van der Waals surface area (Å²) in [5.74, 6) is -0.193. The van der Waals surface area contributed by atoms with E-state index >= 15 is 0 Å². The number of halogens is 1. The molecular formula is C22H27FN2O. The van der Waals surface area contributed by atoms with Crippen LogP contribution in [0.5, 0.6) is 5.75 Å². The molecule has 0 bridgehead atoms. The first-order valence-electron chi connectivity index (χ1n) is 9.22. The van der Waals surface area contributed by atoms with Crippen molar-refractivity contribution in [2.24, 2.45) is 10.2 Å². The molecule has 2 aromatic carbocycles. The Hall–Kier alpha value is -2.49. The Labute approximate surface area is 155 Å². The van der Waals surface area contributed by atoms with Gasteiger partial charge in [-0.05, 0) is 47.7 Å². The number of methoxy groups -OCH3 is 1. The molecule has 0 saturated heterocycles. The zero-order chi connectivity index (χ0) is 18.6. The lowest BCUT2D eigenvalue weighted by atomic mass is 10.0. The monoisotopic (exact) mass is 354 g/mol. The lowest BCUT2D eigenvalue weighted by molar-refractivity contribution is 0.386. The van der Waals surface area contributed by atoms with Gasteiger partial charge in [-0.25, -0.2) is 4.39 Å².